The molecule has 0 atom stereocenters. The van der Waals surface area contributed by atoms with Crippen LogP contribution in [-0.4, -0.2) is 37.4 Å². The van der Waals surface area contributed by atoms with Crippen molar-refractivity contribution in [1.29, 1.82) is 0 Å². The average molecular weight is 270 g/mol. The molecule has 0 radical (unpaired) electrons. The van der Waals surface area contributed by atoms with E-state index < -0.39 is 0 Å². The molecule has 0 N–H and O–H groups in total. The molecule has 0 amide bonds. The molecule has 2 aliphatic heterocycles. The smallest absolute Gasteiger partial charge is 0.168 e. The first-order valence-corrected chi connectivity index (χ1v) is 6.93. The summed E-state index contributed by atoms with van der Waals surface area (Å²) in [6.07, 6.45) is 0. The first-order valence-electron chi connectivity index (χ1n) is 6.93. The van der Waals surface area contributed by atoms with E-state index in [1.165, 1.54) is 21.9 Å². The van der Waals surface area contributed by atoms with Gasteiger partial charge < -0.3 is 9.47 Å². The lowest BCUT2D eigenvalue weighted by molar-refractivity contribution is 0.0919. The normalized spacial score (nSPS) is 19.1. The molecule has 0 saturated carbocycles. The summed E-state index contributed by atoms with van der Waals surface area (Å²) in [5, 5.41) is 2.57. The topological polar surface area (TPSA) is 24.9 Å². The lowest BCUT2D eigenvalue weighted by atomic mass is 9.95. The number of rotatable bonds is 0. The number of benzene rings is 2. The molecule has 0 bridgehead atoms. The Morgan fingerprint density at radius 2 is 1.25 bits per heavy atom. The summed E-state index contributed by atoms with van der Waals surface area (Å²) >= 11 is 0. The van der Waals surface area contributed by atoms with Crippen LogP contribution < -0.4 is 9.47 Å². The molecule has 0 spiro atoms. The van der Waals surface area contributed by atoms with E-state index in [0.717, 1.165) is 24.6 Å². The second-order valence-corrected chi connectivity index (χ2v) is 5.74. The molecule has 0 fully saturated rings. The molecule has 0 aliphatic carbocycles. The van der Waals surface area contributed by atoms with Crippen molar-refractivity contribution in [3.05, 3.63) is 35.4 Å². The van der Waals surface area contributed by atoms with Crippen LogP contribution in [0, 0.1) is 0 Å². The lowest BCUT2D eigenvalue weighted by Gasteiger charge is -2.33. The molecular formula is C16H18N2O2. The summed E-state index contributed by atoms with van der Waals surface area (Å²) in [4.78, 5) is 4.35. The Bertz CT molecular complexity index is 625. The van der Waals surface area contributed by atoms with E-state index in [9.17, 15) is 0 Å². The summed E-state index contributed by atoms with van der Waals surface area (Å²) in [7, 11) is 4.15. The van der Waals surface area contributed by atoms with Gasteiger partial charge in [-0.15, -0.1) is 0 Å². The Balaban J connectivity index is 2.05. The Labute approximate surface area is 118 Å². The van der Waals surface area contributed by atoms with Gasteiger partial charge in [0.2, 0.25) is 0 Å². The summed E-state index contributed by atoms with van der Waals surface area (Å²) in [5.74, 6) is 1.90. The minimum absolute atomic E-state index is 0.622. The number of nitrogens with zero attached hydrogens (tertiary/aromatic N) is 2. The first kappa shape index (κ1) is 12.0. The van der Waals surface area contributed by atoms with Crippen LogP contribution in [-0.2, 0) is 13.1 Å². The maximum Gasteiger partial charge on any atom is 0.168 e. The van der Waals surface area contributed by atoms with Crippen LogP contribution in [0.5, 0.6) is 11.5 Å². The largest absolute Gasteiger partial charge is 0.474 e. The van der Waals surface area contributed by atoms with Gasteiger partial charge in [-0.3, -0.25) is 9.80 Å². The van der Waals surface area contributed by atoms with E-state index in [4.69, 9.17) is 9.47 Å². The molecule has 104 valence electrons. The zero-order chi connectivity index (χ0) is 13.7. The molecule has 2 aromatic rings. The number of fused-ring (bicyclic) bond motifs is 6. The van der Waals surface area contributed by atoms with Gasteiger partial charge in [0.05, 0.1) is 0 Å². The Morgan fingerprint density at radius 1 is 0.800 bits per heavy atom. The third-order valence-electron chi connectivity index (χ3n) is 4.05. The summed E-state index contributed by atoms with van der Waals surface area (Å²) in [6, 6.07) is 8.56. The van der Waals surface area contributed by atoms with Gasteiger partial charge in [0.1, 0.15) is 13.5 Å². The van der Waals surface area contributed by atoms with Crippen LogP contribution in [0.15, 0.2) is 24.3 Å². The highest BCUT2D eigenvalue weighted by Crippen LogP contribution is 2.45. The quantitative estimate of drug-likeness (QED) is 0.734. The molecule has 2 aromatic carbocycles. The SMILES string of the molecule is CN1COc2c3c(c4ccccc4c2C1)CN(C)CO3. The number of ether oxygens (including phenoxy) is 2. The minimum Gasteiger partial charge on any atom is -0.474 e. The highest BCUT2D eigenvalue weighted by atomic mass is 16.5. The van der Waals surface area contributed by atoms with E-state index in [0.29, 0.717) is 13.5 Å². The van der Waals surface area contributed by atoms with E-state index in [-0.39, 0.29) is 0 Å². The van der Waals surface area contributed by atoms with Crippen LogP contribution >= 0.6 is 0 Å². The molecule has 4 heteroatoms. The molecule has 20 heavy (non-hydrogen) atoms. The predicted octanol–water partition coefficient (Wildman–Crippen LogP) is 2.40. The molecule has 2 aliphatic rings. The highest BCUT2D eigenvalue weighted by Gasteiger charge is 2.28. The van der Waals surface area contributed by atoms with Crippen LogP contribution in [0.25, 0.3) is 10.8 Å². The fourth-order valence-corrected chi connectivity index (χ4v) is 3.13. The zero-order valence-corrected chi connectivity index (χ0v) is 11.8. The molecule has 2 heterocycles. The molecule has 0 saturated heterocycles. The maximum absolute atomic E-state index is 5.96. The van der Waals surface area contributed by atoms with Gasteiger partial charge in [-0.1, -0.05) is 24.3 Å². The molecular weight excluding hydrogens is 252 g/mol. The Morgan fingerprint density at radius 3 is 1.70 bits per heavy atom. The van der Waals surface area contributed by atoms with Gasteiger partial charge in [-0.25, -0.2) is 0 Å². The van der Waals surface area contributed by atoms with E-state index >= 15 is 0 Å². The van der Waals surface area contributed by atoms with Gasteiger partial charge in [-0.05, 0) is 24.9 Å². The number of hydrogen-bond donors (Lipinski definition) is 0. The van der Waals surface area contributed by atoms with Crippen molar-refractivity contribution in [1.82, 2.24) is 9.80 Å². The van der Waals surface area contributed by atoms with Gasteiger partial charge in [0.25, 0.3) is 0 Å². The van der Waals surface area contributed by atoms with Crippen molar-refractivity contribution in [2.24, 2.45) is 0 Å². The van der Waals surface area contributed by atoms with Crippen molar-refractivity contribution in [3.63, 3.8) is 0 Å². The van der Waals surface area contributed by atoms with Gasteiger partial charge in [-0.2, -0.15) is 0 Å². The fourth-order valence-electron chi connectivity index (χ4n) is 3.13. The van der Waals surface area contributed by atoms with Crippen LogP contribution in [0.2, 0.25) is 0 Å². The van der Waals surface area contributed by atoms with Crippen molar-refractivity contribution >= 4 is 10.8 Å². The Hall–Kier alpha value is -1.78. The average Bonchev–Trinajstić information content (AvgIpc) is 2.47. The van der Waals surface area contributed by atoms with Crippen LogP contribution in [0.4, 0.5) is 0 Å². The standard InChI is InChI=1S/C16H18N2O2/c1-17-7-13-11-5-3-4-6-12(11)14-8-18(2)10-20-16(14)15(13)19-9-17/h3-6H,7-10H2,1-2H3. The lowest BCUT2D eigenvalue weighted by Crippen LogP contribution is -2.32. The minimum atomic E-state index is 0.622. The summed E-state index contributed by atoms with van der Waals surface area (Å²) < 4.78 is 11.9. The van der Waals surface area contributed by atoms with E-state index in [1.54, 1.807) is 0 Å². The molecule has 0 aromatic heterocycles. The van der Waals surface area contributed by atoms with Gasteiger partial charge >= 0.3 is 0 Å². The molecule has 4 nitrogen and oxygen atoms in total. The fraction of sp³-hybridized carbons (Fsp3) is 0.375. The van der Waals surface area contributed by atoms with Crippen molar-refractivity contribution in [2.75, 3.05) is 27.6 Å². The summed E-state index contributed by atoms with van der Waals surface area (Å²) in [6.45, 7) is 3.05. The van der Waals surface area contributed by atoms with E-state index in [1.807, 2.05) is 0 Å². The third kappa shape index (κ3) is 1.69. The predicted molar refractivity (Wildman–Crippen MR) is 77.9 cm³/mol. The second-order valence-electron chi connectivity index (χ2n) is 5.74. The van der Waals surface area contributed by atoms with Crippen molar-refractivity contribution < 1.29 is 9.47 Å². The monoisotopic (exact) mass is 270 g/mol. The Kier molecular flexibility index (Phi) is 2.62. The maximum atomic E-state index is 5.96. The summed E-state index contributed by atoms with van der Waals surface area (Å²) in [5.41, 5.74) is 2.50. The molecule has 4 rings (SSSR count). The van der Waals surface area contributed by atoms with Gasteiger partial charge in [0.15, 0.2) is 11.5 Å². The zero-order valence-electron chi connectivity index (χ0n) is 11.8. The first-order chi connectivity index (χ1) is 9.74. The van der Waals surface area contributed by atoms with Crippen LogP contribution in [0.3, 0.4) is 0 Å². The molecule has 0 unspecified atom stereocenters. The van der Waals surface area contributed by atoms with Crippen LogP contribution in [0.1, 0.15) is 11.1 Å². The van der Waals surface area contributed by atoms with E-state index in [2.05, 4.69) is 48.2 Å². The van der Waals surface area contributed by atoms with Crippen molar-refractivity contribution in [3.8, 4) is 11.5 Å². The van der Waals surface area contributed by atoms with Gasteiger partial charge in [0, 0.05) is 24.2 Å². The second kappa shape index (κ2) is 4.36. The number of hydrogen-bond acceptors (Lipinski definition) is 4. The third-order valence-corrected chi connectivity index (χ3v) is 4.05. The highest BCUT2D eigenvalue weighted by molar-refractivity contribution is 5.93. The van der Waals surface area contributed by atoms with Crippen molar-refractivity contribution in [2.45, 2.75) is 13.1 Å².